The van der Waals surface area contributed by atoms with Crippen LogP contribution in [0.4, 0.5) is 11.6 Å². The molecule has 35 heavy (non-hydrogen) atoms. The van der Waals surface area contributed by atoms with Crippen molar-refractivity contribution in [3.63, 3.8) is 0 Å². The molecule has 1 aliphatic rings. The van der Waals surface area contributed by atoms with Gasteiger partial charge in [0.15, 0.2) is 0 Å². The third kappa shape index (κ3) is 4.47. The van der Waals surface area contributed by atoms with Gasteiger partial charge in [-0.25, -0.2) is 9.97 Å². The third-order valence-electron chi connectivity index (χ3n) is 6.55. The summed E-state index contributed by atoms with van der Waals surface area (Å²) in [6, 6.07) is 10.8. The molecule has 0 saturated carbocycles. The molecule has 0 spiro atoms. The monoisotopic (exact) mass is 489 g/mol. The van der Waals surface area contributed by atoms with Gasteiger partial charge in [0.1, 0.15) is 17.3 Å². The minimum atomic E-state index is -0.285. The number of nitrogens with two attached hydrogens (primary N) is 1. The highest BCUT2D eigenvalue weighted by Gasteiger charge is 2.27. The van der Waals surface area contributed by atoms with E-state index in [-0.39, 0.29) is 11.9 Å². The molecule has 1 aromatic carbocycles. The summed E-state index contributed by atoms with van der Waals surface area (Å²) >= 11 is 6.74. The molecule has 180 valence electrons. The number of rotatable bonds is 5. The minimum Gasteiger partial charge on any atom is -0.383 e. The molecule has 0 aliphatic carbocycles. The Bertz CT molecular complexity index is 1390. The lowest BCUT2D eigenvalue weighted by atomic mass is 10.0. The SMILES string of the molecule is CCc1cnc(N)c2c(-c3ccc(C(=O)Nc4ccccn4)cc3Cl)nn([C@@H]3CCCN(C)C3)c12. The molecular weight excluding hydrogens is 462 g/mol. The number of anilines is 2. The molecule has 1 aliphatic heterocycles. The van der Waals surface area contributed by atoms with Gasteiger partial charge in [-0.2, -0.15) is 5.10 Å². The lowest BCUT2D eigenvalue weighted by Gasteiger charge is -2.30. The maximum atomic E-state index is 12.7. The van der Waals surface area contributed by atoms with E-state index < -0.39 is 0 Å². The van der Waals surface area contributed by atoms with Gasteiger partial charge in [-0.1, -0.05) is 30.7 Å². The van der Waals surface area contributed by atoms with Gasteiger partial charge in [0.25, 0.3) is 5.91 Å². The maximum absolute atomic E-state index is 12.7. The molecule has 9 heteroatoms. The Morgan fingerprint density at radius 3 is 2.83 bits per heavy atom. The first kappa shape index (κ1) is 23.3. The van der Waals surface area contributed by atoms with Crippen molar-refractivity contribution in [3.05, 3.63) is 64.9 Å². The van der Waals surface area contributed by atoms with Crippen molar-refractivity contribution < 1.29 is 4.79 Å². The van der Waals surface area contributed by atoms with Crippen LogP contribution in [0.3, 0.4) is 0 Å². The molecule has 0 radical (unpaired) electrons. The smallest absolute Gasteiger partial charge is 0.256 e. The summed E-state index contributed by atoms with van der Waals surface area (Å²) in [4.78, 5) is 23.7. The largest absolute Gasteiger partial charge is 0.383 e. The quantitative estimate of drug-likeness (QED) is 0.417. The molecule has 5 rings (SSSR count). The van der Waals surface area contributed by atoms with Crippen LogP contribution in [0.5, 0.6) is 0 Å². The van der Waals surface area contributed by atoms with Crippen LogP contribution >= 0.6 is 11.6 Å². The number of nitrogens with one attached hydrogen (secondary N) is 1. The van der Waals surface area contributed by atoms with Crippen LogP contribution in [0.2, 0.25) is 5.02 Å². The van der Waals surface area contributed by atoms with Gasteiger partial charge in [-0.05, 0) is 62.7 Å². The number of nitrogen functional groups attached to an aromatic ring is 1. The van der Waals surface area contributed by atoms with E-state index in [0.717, 1.165) is 54.4 Å². The molecule has 0 bridgehead atoms. The van der Waals surface area contributed by atoms with Gasteiger partial charge in [-0.15, -0.1) is 0 Å². The van der Waals surface area contributed by atoms with Crippen LogP contribution < -0.4 is 11.1 Å². The van der Waals surface area contributed by atoms with Crippen LogP contribution in [0.1, 0.15) is 41.7 Å². The molecule has 1 fully saturated rings. The van der Waals surface area contributed by atoms with Crippen LogP contribution in [-0.2, 0) is 6.42 Å². The van der Waals surface area contributed by atoms with E-state index in [1.54, 1.807) is 30.5 Å². The number of fused-ring (bicyclic) bond motifs is 1. The number of aryl methyl sites for hydroxylation is 1. The van der Waals surface area contributed by atoms with E-state index in [1.807, 2.05) is 18.3 Å². The Morgan fingerprint density at radius 1 is 1.26 bits per heavy atom. The summed E-state index contributed by atoms with van der Waals surface area (Å²) in [5.74, 6) is 0.619. The molecule has 0 unspecified atom stereocenters. The number of pyridine rings is 2. The molecule has 3 aromatic heterocycles. The normalized spacial score (nSPS) is 16.5. The van der Waals surface area contributed by atoms with E-state index in [2.05, 4.69) is 38.8 Å². The van der Waals surface area contributed by atoms with E-state index in [1.165, 1.54) is 0 Å². The molecule has 4 heterocycles. The molecule has 1 amide bonds. The van der Waals surface area contributed by atoms with Crippen molar-refractivity contribution >= 4 is 40.0 Å². The highest BCUT2D eigenvalue weighted by molar-refractivity contribution is 6.34. The first-order valence-corrected chi connectivity index (χ1v) is 12.2. The summed E-state index contributed by atoms with van der Waals surface area (Å²) in [6.07, 6.45) is 6.45. The second-order valence-corrected chi connectivity index (χ2v) is 9.37. The second kappa shape index (κ2) is 9.64. The number of benzene rings is 1. The zero-order valence-corrected chi connectivity index (χ0v) is 20.6. The van der Waals surface area contributed by atoms with E-state index >= 15 is 0 Å². The Balaban J connectivity index is 1.58. The van der Waals surface area contributed by atoms with E-state index in [4.69, 9.17) is 22.4 Å². The molecule has 1 saturated heterocycles. The first-order valence-electron chi connectivity index (χ1n) is 11.8. The predicted octanol–water partition coefficient (Wildman–Crippen LogP) is 4.81. The van der Waals surface area contributed by atoms with E-state index in [0.29, 0.717) is 27.9 Å². The van der Waals surface area contributed by atoms with Gasteiger partial charge < -0.3 is 16.0 Å². The standard InChI is InChI=1S/C26H28ClN7O/c1-3-16-14-30-25(28)22-23(32-34(24(16)22)18-7-6-12-33(2)15-18)19-10-9-17(13-20(19)27)26(35)31-21-8-4-5-11-29-21/h4-5,8-11,13-14,18H,3,6-7,12,15H2,1-2H3,(H2,28,30)(H,29,31,35)/t18-/m1/s1. The highest BCUT2D eigenvalue weighted by atomic mass is 35.5. The fourth-order valence-corrected chi connectivity index (χ4v) is 5.05. The topological polar surface area (TPSA) is 102 Å². The fraction of sp³-hybridized carbons (Fsp3) is 0.308. The number of carbonyl (C=O) groups is 1. The van der Waals surface area contributed by atoms with Crippen molar-refractivity contribution in [1.82, 2.24) is 24.6 Å². The Labute approximate surface area is 209 Å². The number of hydrogen-bond donors (Lipinski definition) is 2. The summed E-state index contributed by atoms with van der Waals surface area (Å²) in [6.45, 7) is 4.11. The number of aromatic nitrogens is 4. The average Bonchev–Trinajstić information content (AvgIpc) is 3.26. The van der Waals surface area contributed by atoms with Gasteiger partial charge >= 0.3 is 0 Å². The predicted molar refractivity (Wildman–Crippen MR) is 140 cm³/mol. The van der Waals surface area contributed by atoms with Crippen LogP contribution in [0.25, 0.3) is 22.2 Å². The minimum absolute atomic E-state index is 0.235. The lowest BCUT2D eigenvalue weighted by molar-refractivity contribution is 0.102. The summed E-state index contributed by atoms with van der Waals surface area (Å²) in [5, 5.41) is 9.09. The third-order valence-corrected chi connectivity index (χ3v) is 6.86. The van der Waals surface area contributed by atoms with Crippen molar-refractivity contribution in [2.75, 3.05) is 31.2 Å². The Morgan fingerprint density at radius 2 is 2.11 bits per heavy atom. The van der Waals surface area contributed by atoms with Gasteiger partial charge in [-0.3, -0.25) is 9.48 Å². The number of likely N-dealkylation sites (N-methyl/N-ethyl adjacent to an activating group) is 1. The highest BCUT2D eigenvalue weighted by Crippen LogP contribution is 2.39. The lowest BCUT2D eigenvalue weighted by Crippen LogP contribution is -2.34. The number of halogens is 1. The Hall–Kier alpha value is -3.49. The van der Waals surface area contributed by atoms with Crippen molar-refractivity contribution in [2.24, 2.45) is 0 Å². The van der Waals surface area contributed by atoms with Crippen LogP contribution in [-0.4, -0.2) is 50.7 Å². The number of piperidine rings is 1. The fourth-order valence-electron chi connectivity index (χ4n) is 4.78. The number of nitrogens with zero attached hydrogens (tertiary/aromatic N) is 5. The maximum Gasteiger partial charge on any atom is 0.256 e. The zero-order valence-electron chi connectivity index (χ0n) is 19.8. The van der Waals surface area contributed by atoms with Crippen molar-refractivity contribution in [3.8, 4) is 11.3 Å². The molecule has 4 aromatic rings. The van der Waals surface area contributed by atoms with Crippen LogP contribution in [0.15, 0.2) is 48.8 Å². The van der Waals surface area contributed by atoms with Gasteiger partial charge in [0, 0.05) is 30.1 Å². The summed E-state index contributed by atoms with van der Waals surface area (Å²) in [5.41, 5.74) is 10.4. The van der Waals surface area contributed by atoms with Crippen molar-refractivity contribution in [2.45, 2.75) is 32.2 Å². The Kier molecular flexibility index (Phi) is 6.40. The average molecular weight is 490 g/mol. The molecule has 1 atom stereocenters. The summed E-state index contributed by atoms with van der Waals surface area (Å²) in [7, 11) is 2.14. The van der Waals surface area contributed by atoms with Gasteiger partial charge in [0.2, 0.25) is 0 Å². The zero-order chi connectivity index (χ0) is 24.5. The molecule has 8 nitrogen and oxygen atoms in total. The molecule has 3 N–H and O–H groups in total. The van der Waals surface area contributed by atoms with Crippen molar-refractivity contribution in [1.29, 1.82) is 0 Å². The van der Waals surface area contributed by atoms with E-state index in [9.17, 15) is 4.79 Å². The summed E-state index contributed by atoms with van der Waals surface area (Å²) < 4.78 is 2.12. The second-order valence-electron chi connectivity index (χ2n) is 8.96. The first-order chi connectivity index (χ1) is 17.0. The number of amides is 1. The number of hydrogen-bond acceptors (Lipinski definition) is 6. The van der Waals surface area contributed by atoms with Crippen LogP contribution in [0, 0.1) is 0 Å². The number of likely N-dealkylation sites (tertiary alicyclic amines) is 1. The molecular formula is C26H28ClN7O. The van der Waals surface area contributed by atoms with Gasteiger partial charge in [0.05, 0.1) is 22.0 Å². The number of carbonyl (C=O) groups excluding carboxylic acids is 1.